The maximum Gasteiger partial charge on any atom is 0.324 e. The molecule has 20 heavy (non-hydrogen) atoms. The van der Waals surface area contributed by atoms with Crippen molar-refractivity contribution in [1.82, 2.24) is 0 Å². The van der Waals surface area contributed by atoms with E-state index in [1.54, 1.807) is 0 Å². The number of hydrogen-bond donors (Lipinski definition) is 0. The SMILES string of the molecule is COC(=O)C1(C(=O)OC)CC1c1cc2ccccc2o1. The van der Waals surface area contributed by atoms with E-state index < -0.39 is 17.4 Å². The Morgan fingerprint density at radius 3 is 2.45 bits per heavy atom. The fourth-order valence-electron chi connectivity index (χ4n) is 2.68. The summed E-state index contributed by atoms with van der Waals surface area (Å²) in [6.07, 6.45) is 0.353. The van der Waals surface area contributed by atoms with Crippen molar-refractivity contribution in [1.29, 1.82) is 0 Å². The first-order valence-electron chi connectivity index (χ1n) is 6.29. The first-order chi connectivity index (χ1) is 9.63. The van der Waals surface area contributed by atoms with Crippen molar-refractivity contribution in [3.63, 3.8) is 0 Å². The van der Waals surface area contributed by atoms with E-state index in [9.17, 15) is 9.59 Å². The van der Waals surface area contributed by atoms with Crippen molar-refractivity contribution < 1.29 is 23.5 Å². The molecule has 0 aliphatic heterocycles. The molecule has 1 aromatic carbocycles. The van der Waals surface area contributed by atoms with Crippen molar-refractivity contribution in [2.24, 2.45) is 5.41 Å². The van der Waals surface area contributed by atoms with Crippen LogP contribution in [-0.4, -0.2) is 26.2 Å². The smallest absolute Gasteiger partial charge is 0.324 e. The number of hydrogen-bond acceptors (Lipinski definition) is 5. The quantitative estimate of drug-likeness (QED) is 0.634. The Hall–Kier alpha value is -2.30. The van der Waals surface area contributed by atoms with Crippen LogP contribution in [0.5, 0.6) is 0 Å². The first-order valence-corrected chi connectivity index (χ1v) is 6.29. The van der Waals surface area contributed by atoms with Gasteiger partial charge in [0.25, 0.3) is 0 Å². The second kappa shape index (κ2) is 4.37. The monoisotopic (exact) mass is 274 g/mol. The van der Waals surface area contributed by atoms with Crippen LogP contribution in [0.3, 0.4) is 0 Å². The highest BCUT2D eigenvalue weighted by atomic mass is 16.5. The molecule has 3 rings (SSSR count). The van der Waals surface area contributed by atoms with Crippen LogP contribution in [0.4, 0.5) is 0 Å². The van der Waals surface area contributed by atoms with E-state index in [4.69, 9.17) is 13.9 Å². The van der Waals surface area contributed by atoms with Crippen molar-refractivity contribution in [3.05, 3.63) is 36.1 Å². The molecule has 0 amide bonds. The second-order valence-corrected chi connectivity index (χ2v) is 4.90. The van der Waals surface area contributed by atoms with Gasteiger partial charge < -0.3 is 13.9 Å². The summed E-state index contributed by atoms with van der Waals surface area (Å²) in [6.45, 7) is 0. The molecule has 0 radical (unpaired) electrons. The third-order valence-electron chi connectivity index (χ3n) is 3.85. The highest BCUT2D eigenvalue weighted by Crippen LogP contribution is 2.61. The van der Waals surface area contributed by atoms with Gasteiger partial charge in [-0.2, -0.15) is 0 Å². The summed E-state index contributed by atoms with van der Waals surface area (Å²) in [7, 11) is 2.53. The molecule has 104 valence electrons. The predicted octanol–water partition coefficient (Wildman–Crippen LogP) is 2.25. The van der Waals surface area contributed by atoms with E-state index in [-0.39, 0.29) is 5.92 Å². The molecule has 5 nitrogen and oxygen atoms in total. The zero-order valence-electron chi connectivity index (χ0n) is 11.2. The van der Waals surface area contributed by atoms with Crippen LogP contribution in [0, 0.1) is 5.41 Å². The van der Waals surface area contributed by atoms with Gasteiger partial charge in [0, 0.05) is 11.3 Å². The molecule has 1 atom stereocenters. The molecular formula is C15H14O5. The average Bonchev–Trinajstić information content (AvgIpc) is 3.10. The number of esters is 2. The first kappa shape index (κ1) is 12.7. The lowest BCUT2D eigenvalue weighted by molar-refractivity contribution is -0.161. The average molecular weight is 274 g/mol. The van der Waals surface area contributed by atoms with Crippen LogP contribution >= 0.6 is 0 Å². The molecule has 1 fully saturated rings. The standard InChI is InChI=1S/C15H14O5/c1-18-13(16)15(14(17)19-2)8-10(15)12-7-9-5-3-4-6-11(9)20-12/h3-7,10H,8H2,1-2H3. The minimum Gasteiger partial charge on any atom is -0.468 e. The topological polar surface area (TPSA) is 65.7 Å². The van der Waals surface area contributed by atoms with Crippen molar-refractivity contribution in [3.8, 4) is 0 Å². The van der Waals surface area contributed by atoms with Gasteiger partial charge >= 0.3 is 11.9 Å². The summed E-state index contributed by atoms with van der Waals surface area (Å²) in [5, 5.41) is 0.943. The molecule has 1 aliphatic rings. The van der Waals surface area contributed by atoms with Crippen molar-refractivity contribution >= 4 is 22.9 Å². The number of carbonyl (C=O) groups excluding carboxylic acids is 2. The van der Waals surface area contributed by atoms with Crippen LogP contribution in [0.1, 0.15) is 18.1 Å². The van der Waals surface area contributed by atoms with Crippen LogP contribution in [0.15, 0.2) is 34.7 Å². The highest BCUT2D eigenvalue weighted by Gasteiger charge is 2.69. The lowest BCUT2D eigenvalue weighted by Crippen LogP contribution is -2.30. The molecule has 1 aliphatic carbocycles. The Kier molecular flexibility index (Phi) is 2.78. The third kappa shape index (κ3) is 1.62. The maximum atomic E-state index is 11.9. The number of carbonyl (C=O) groups is 2. The van der Waals surface area contributed by atoms with Gasteiger partial charge in [0.2, 0.25) is 0 Å². The summed E-state index contributed by atoms with van der Waals surface area (Å²) >= 11 is 0. The summed E-state index contributed by atoms with van der Waals surface area (Å²) in [4.78, 5) is 23.9. The fraction of sp³-hybridized carbons (Fsp3) is 0.333. The van der Waals surface area contributed by atoms with E-state index in [1.165, 1.54) is 14.2 Å². The molecule has 5 heteroatoms. The van der Waals surface area contributed by atoms with Gasteiger partial charge in [-0.1, -0.05) is 18.2 Å². The minimum atomic E-state index is -1.25. The molecule has 1 saturated carbocycles. The number of rotatable bonds is 3. The van der Waals surface area contributed by atoms with E-state index in [0.29, 0.717) is 12.2 Å². The van der Waals surface area contributed by atoms with Gasteiger partial charge in [-0.3, -0.25) is 9.59 Å². The molecule has 0 saturated heterocycles. The lowest BCUT2D eigenvalue weighted by Gasteiger charge is -2.11. The van der Waals surface area contributed by atoms with Crippen molar-refractivity contribution in [2.75, 3.05) is 14.2 Å². The van der Waals surface area contributed by atoms with Crippen LogP contribution in [-0.2, 0) is 19.1 Å². The minimum absolute atomic E-state index is 0.324. The van der Waals surface area contributed by atoms with Crippen molar-refractivity contribution in [2.45, 2.75) is 12.3 Å². The molecule has 0 bridgehead atoms. The zero-order chi connectivity index (χ0) is 14.3. The van der Waals surface area contributed by atoms with E-state index in [0.717, 1.165) is 11.0 Å². The number of fused-ring (bicyclic) bond motifs is 1. The number of furan rings is 1. The van der Waals surface area contributed by atoms with Crippen LogP contribution in [0.2, 0.25) is 0 Å². The van der Waals surface area contributed by atoms with E-state index in [1.807, 2.05) is 30.3 Å². The van der Waals surface area contributed by atoms with E-state index in [2.05, 4.69) is 0 Å². The van der Waals surface area contributed by atoms with Crippen LogP contribution < -0.4 is 0 Å². The predicted molar refractivity (Wildman–Crippen MR) is 70.0 cm³/mol. The Labute approximate surface area is 115 Å². The molecule has 1 aromatic heterocycles. The molecule has 1 unspecified atom stereocenters. The largest absolute Gasteiger partial charge is 0.468 e. The Morgan fingerprint density at radius 2 is 1.85 bits per heavy atom. The van der Waals surface area contributed by atoms with Gasteiger partial charge in [0.05, 0.1) is 14.2 Å². The Morgan fingerprint density at radius 1 is 1.20 bits per heavy atom. The van der Waals surface area contributed by atoms with Gasteiger partial charge in [-0.25, -0.2) is 0 Å². The summed E-state index contributed by atoms with van der Waals surface area (Å²) in [5.41, 5.74) is -0.518. The number of para-hydroxylation sites is 1. The zero-order valence-corrected chi connectivity index (χ0v) is 11.2. The molecule has 2 aromatic rings. The Balaban J connectivity index is 1.99. The summed E-state index contributed by atoms with van der Waals surface area (Å²) in [5.74, 6) is -0.860. The molecule has 0 spiro atoms. The van der Waals surface area contributed by atoms with Gasteiger partial charge in [0.1, 0.15) is 11.3 Å². The number of methoxy groups -OCH3 is 2. The summed E-state index contributed by atoms with van der Waals surface area (Å²) < 4.78 is 15.2. The number of ether oxygens (including phenoxy) is 2. The normalized spacial score (nSPS) is 19.6. The lowest BCUT2D eigenvalue weighted by atomic mass is 10.0. The second-order valence-electron chi connectivity index (χ2n) is 4.90. The number of benzene rings is 1. The molecular weight excluding hydrogens is 260 g/mol. The van der Waals surface area contributed by atoms with Gasteiger partial charge in [-0.05, 0) is 18.6 Å². The highest BCUT2D eigenvalue weighted by molar-refractivity contribution is 6.05. The fourth-order valence-corrected chi connectivity index (χ4v) is 2.68. The summed E-state index contributed by atoms with van der Waals surface area (Å²) in [6, 6.07) is 9.40. The van der Waals surface area contributed by atoms with Gasteiger partial charge in [-0.15, -0.1) is 0 Å². The molecule has 1 heterocycles. The Bertz CT molecular complexity index is 635. The van der Waals surface area contributed by atoms with E-state index >= 15 is 0 Å². The maximum absolute atomic E-state index is 11.9. The molecule has 0 N–H and O–H groups in total. The van der Waals surface area contributed by atoms with Crippen LogP contribution in [0.25, 0.3) is 11.0 Å². The van der Waals surface area contributed by atoms with Gasteiger partial charge in [0.15, 0.2) is 5.41 Å². The third-order valence-corrected chi connectivity index (χ3v) is 3.85.